The summed E-state index contributed by atoms with van der Waals surface area (Å²) in [6, 6.07) is 5.86. The van der Waals surface area contributed by atoms with Crippen LogP contribution in [0.25, 0.3) is 0 Å². The highest BCUT2D eigenvalue weighted by atomic mass is 19.1. The van der Waals surface area contributed by atoms with Crippen molar-refractivity contribution in [1.82, 2.24) is 15.5 Å². The fourth-order valence-corrected chi connectivity index (χ4v) is 2.76. The van der Waals surface area contributed by atoms with Gasteiger partial charge in [0.2, 0.25) is 0 Å². The van der Waals surface area contributed by atoms with Gasteiger partial charge in [-0.3, -0.25) is 4.90 Å². The lowest BCUT2D eigenvalue weighted by atomic mass is 10.1. The van der Waals surface area contributed by atoms with Crippen molar-refractivity contribution >= 4 is 5.96 Å². The van der Waals surface area contributed by atoms with E-state index in [-0.39, 0.29) is 5.82 Å². The van der Waals surface area contributed by atoms with Crippen LogP contribution >= 0.6 is 0 Å². The number of hydrogen-bond donors (Lipinski definition) is 2. The summed E-state index contributed by atoms with van der Waals surface area (Å²) >= 11 is 0. The molecule has 0 saturated heterocycles. The molecule has 5 nitrogen and oxygen atoms in total. The average Bonchev–Trinajstić information content (AvgIpc) is 3.43. The molecule has 1 aliphatic carbocycles. The third-order valence-corrected chi connectivity index (χ3v) is 4.32. The summed E-state index contributed by atoms with van der Waals surface area (Å²) in [6.45, 7) is 8.74. The number of rotatable bonds is 10. The molecule has 0 radical (unpaired) electrons. The molecule has 1 aromatic carbocycles. The first-order valence-electron chi connectivity index (χ1n) is 9.14. The number of hydrogen-bond acceptors (Lipinski definition) is 3. The highest BCUT2D eigenvalue weighted by molar-refractivity contribution is 5.79. The Morgan fingerprint density at radius 3 is 2.76 bits per heavy atom. The van der Waals surface area contributed by atoms with Crippen molar-refractivity contribution in [1.29, 1.82) is 0 Å². The van der Waals surface area contributed by atoms with Crippen LogP contribution in [0.4, 0.5) is 4.39 Å². The third-order valence-electron chi connectivity index (χ3n) is 4.32. The molecule has 1 aromatic rings. The van der Waals surface area contributed by atoms with Gasteiger partial charge in [-0.15, -0.1) is 0 Å². The maximum atomic E-state index is 13.3. The number of aliphatic imine (C=N–C) groups is 1. The number of methoxy groups -OCH3 is 1. The van der Waals surface area contributed by atoms with Gasteiger partial charge in [0.1, 0.15) is 5.82 Å². The normalized spacial score (nSPS) is 14.8. The molecule has 1 saturated carbocycles. The second-order valence-electron chi connectivity index (χ2n) is 6.47. The maximum Gasteiger partial charge on any atom is 0.191 e. The van der Waals surface area contributed by atoms with Crippen LogP contribution in [0.1, 0.15) is 30.9 Å². The minimum atomic E-state index is -0.172. The number of halogens is 1. The first kappa shape index (κ1) is 19.7. The summed E-state index contributed by atoms with van der Waals surface area (Å²) in [4.78, 5) is 7.08. The predicted molar refractivity (Wildman–Crippen MR) is 100 cm³/mol. The van der Waals surface area contributed by atoms with E-state index in [9.17, 15) is 4.39 Å². The highest BCUT2D eigenvalue weighted by Crippen LogP contribution is 2.25. The van der Waals surface area contributed by atoms with Crippen LogP contribution in [0.5, 0.6) is 0 Å². The molecule has 0 aromatic heterocycles. The van der Waals surface area contributed by atoms with Crippen LogP contribution in [-0.4, -0.2) is 56.8 Å². The van der Waals surface area contributed by atoms with Gasteiger partial charge in [0.15, 0.2) is 5.96 Å². The molecule has 1 aliphatic rings. The summed E-state index contributed by atoms with van der Waals surface area (Å²) in [5.41, 5.74) is 1.67. The minimum Gasteiger partial charge on any atom is -0.383 e. The van der Waals surface area contributed by atoms with E-state index >= 15 is 0 Å². The zero-order chi connectivity index (χ0) is 18.1. The Labute approximate surface area is 150 Å². The molecule has 0 heterocycles. The summed E-state index contributed by atoms with van der Waals surface area (Å²) in [5.74, 6) is 0.626. The van der Waals surface area contributed by atoms with Gasteiger partial charge < -0.3 is 15.4 Å². The van der Waals surface area contributed by atoms with Gasteiger partial charge in [-0.25, -0.2) is 9.38 Å². The molecule has 0 aliphatic heterocycles. The Balaban J connectivity index is 1.83. The van der Waals surface area contributed by atoms with Crippen molar-refractivity contribution in [2.24, 2.45) is 4.99 Å². The van der Waals surface area contributed by atoms with Gasteiger partial charge in [-0.2, -0.15) is 0 Å². The number of ether oxygens (including phenoxy) is 1. The standard InChI is InChI=1S/C19H31FN4O/c1-4-21-19(23-14-16-5-8-18(20)15(2)13-16)22-9-10-24(11-12-25-3)17-6-7-17/h5,8,13,17H,4,6-7,9-12,14H2,1-3H3,(H2,21,22,23). The maximum absolute atomic E-state index is 13.3. The smallest absolute Gasteiger partial charge is 0.191 e. The number of nitrogens with zero attached hydrogens (tertiary/aromatic N) is 2. The fraction of sp³-hybridized carbons (Fsp3) is 0.632. The highest BCUT2D eigenvalue weighted by Gasteiger charge is 2.28. The SMILES string of the molecule is CCNC(=NCc1ccc(F)c(C)c1)NCCN(CCOC)C1CC1. The van der Waals surface area contributed by atoms with Crippen molar-refractivity contribution in [2.45, 2.75) is 39.3 Å². The Morgan fingerprint density at radius 2 is 2.12 bits per heavy atom. The van der Waals surface area contributed by atoms with Gasteiger partial charge in [-0.1, -0.05) is 12.1 Å². The van der Waals surface area contributed by atoms with Gasteiger partial charge in [0, 0.05) is 39.3 Å². The van der Waals surface area contributed by atoms with E-state index in [1.807, 2.05) is 13.0 Å². The largest absolute Gasteiger partial charge is 0.383 e. The fourth-order valence-electron chi connectivity index (χ4n) is 2.76. The Hall–Kier alpha value is -1.66. The molecular formula is C19H31FN4O. The van der Waals surface area contributed by atoms with E-state index in [0.29, 0.717) is 12.1 Å². The molecule has 1 fully saturated rings. The monoisotopic (exact) mass is 350 g/mol. The number of benzene rings is 1. The van der Waals surface area contributed by atoms with E-state index in [1.54, 1.807) is 20.1 Å². The zero-order valence-corrected chi connectivity index (χ0v) is 15.6. The Morgan fingerprint density at radius 1 is 1.32 bits per heavy atom. The Bertz CT molecular complexity index is 560. The van der Waals surface area contributed by atoms with Crippen molar-refractivity contribution in [3.63, 3.8) is 0 Å². The van der Waals surface area contributed by atoms with Gasteiger partial charge >= 0.3 is 0 Å². The molecule has 0 bridgehead atoms. The van der Waals surface area contributed by atoms with Gasteiger partial charge in [0.05, 0.1) is 13.2 Å². The quantitative estimate of drug-likeness (QED) is 0.502. The van der Waals surface area contributed by atoms with E-state index < -0.39 is 0 Å². The van der Waals surface area contributed by atoms with Crippen molar-refractivity contribution in [3.05, 3.63) is 35.1 Å². The van der Waals surface area contributed by atoms with Crippen molar-refractivity contribution in [3.8, 4) is 0 Å². The van der Waals surface area contributed by atoms with E-state index in [4.69, 9.17) is 4.74 Å². The van der Waals surface area contributed by atoms with Gasteiger partial charge in [0.25, 0.3) is 0 Å². The molecule has 0 spiro atoms. The summed E-state index contributed by atoms with van der Waals surface area (Å²) in [5, 5.41) is 6.65. The van der Waals surface area contributed by atoms with Crippen LogP contribution in [0.2, 0.25) is 0 Å². The van der Waals surface area contributed by atoms with E-state index in [2.05, 4.69) is 20.5 Å². The lowest BCUT2D eigenvalue weighted by molar-refractivity contribution is 0.144. The summed E-state index contributed by atoms with van der Waals surface area (Å²) in [7, 11) is 1.75. The van der Waals surface area contributed by atoms with Crippen LogP contribution in [-0.2, 0) is 11.3 Å². The first-order chi connectivity index (χ1) is 12.1. The van der Waals surface area contributed by atoms with Crippen LogP contribution in [0.3, 0.4) is 0 Å². The predicted octanol–water partition coefficient (Wildman–Crippen LogP) is 2.30. The van der Waals surface area contributed by atoms with Crippen LogP contribution in [0.15, 0.2) is 23.2 Å². The van der Waals surface area contributed by atoms with Crippen molar-refractivity contribution in [2.75, 3.05) is 39.9 Å². The number of guanidine groups is 1. The molecule has 140 valence electrons. The van der Waals surface area contributed by atoms with Crippen LogP contribution in [0, 0.1) is 12.7 Å². The van der Waals surface area contributed by atoms with Gasteiger partial charge in [-0.05, 0) is 43.9 Å². The number of aryl methyl sites for hydroxylation is 1. The molecule has 2 rings (SSSR count). The molecule has 6 heteroatoms. The zero-order valence-electron chi connectivity index (χ0n) is 15.6. The summed E-state index contributed by atoms with van der Waals surface area (Å²) < 4.78 is 18.5. The molecule has 0 amide bonds. The van der Waals surface area contributed by atoms with Crippen molar-refractivity contribution < 1.29 is 9.13 Å². The lowest BCUT2D eigenvalue weighted by Gasteiger charge is -2.22. The molecule has 0 atom stereocenters. The molecule has 0 unspecified atom stereocenters. The molecule has 2 N–H and O–H groups in total. The average molecular weight is 350 g/mol. The van der Waals surface area contributed by atoms with Crippen LogP contribution < -0.4 is 10.6 Å². The lowest BCUT2D eigenvalue weighted by Crippen LogP contribution is -2.42. The minimum absolute atomic E-state index is 0.172. The second-order valence-corrected chi connectivity index (χ2v) is 6.47. The summed E-state index contributed by atoms with van der Waals surface area (Å²) in [6.07, 6.45) is 2.59. The topological polar surface area (TPSA) is 48.9 Å². The van der Waals surface area contributed by atoms with E-state index in [1.165, 1.54) is 18.9 Å². The van der Waals surface area contributed by atoms with E-state index in [0.717, 1.165) is 50.4 Å². The third kappa shape index (κ3) is 7.00. The Kier molecular flexibility index (Phi) is 8.15. The second kappa shape index (κ2) is 10.4. The number of nitrogens with one attached hydrogen (secondary N) is 2. The molecule has 25 heavy (non-hydrogen) atoms. The molecular weight excluding hydrogens is 319 g/mol. The first-order valence-corrected chi connectivity index (χ1v) is 9.14.